The van der Waals surface area contributed by atoms with Crippen molar-refractivity contribution in [2.45, 2.75) is 69.4 Å². The van der Waals surface area contributed by atoms with Crippen molar-refractivity contribution < 1.29 is 23.9 Å². The van der Waals surface area contributed by atoms with Crippen molar-refractivity contribution in [2.24, 2.45) is 5.92 Å². The molecule has 5 rings (SSSR count). The van der Waals surface area contributed by atoms with Crippen molar-refractivity contribution in [1.82, 2.24) is 10.2 Å². The van der Waals surface area contributed by atoms with Crippen molar-refractivity contribution >= 4 is 17.8 Å². The third kappa shape index (κ3) is 5.42. The van der Waals surface area contributed by atoms with Gasteiger partial charge in [0.25, 0.3) is 5.91 Å². The van der Waals surface area contributed by atoms with Gasteiger partial charge in [0.2, 0.25) is 0 Å². The zero-order valence-electron chi connectivity index (χ0n) is 21.7. The first-order valence-corrected chi connectivity index (χ1v) is 13.4. The van der Waals surface area contributed by atoms with Gasteiger partial charge in [0, 0.05) is 44.0 Å². The number of ether oxygens (including phenoxy) is 2. The molecule has 3 fully saturated rings. The van der Waals surface area contributed by atoms with Crippen LogP contribution in [-0.2, 0) is 19.7 Å². The fraction of sp³-hybridized carbons (Fsp3) is 0.500. The van der Waals surface area contributed by atoms with E-state index < -0.39 is 11.0 Å². The van der Waals surface area contributed by atoms with E-state index in [0.29, 0.717) is 37.1 Å². The second-order valence-electron chi connectivity index (χ2n) is 11.0. The fourth-order valence-corrected chi connectivity index (χ4v) is 6.51. The molecule has 1 heterocycles. The lowest BCUT2D eigenvalue weighted by atomic mass is 9.55. The molecule has 0 bridgehead atoms. The highest BCUT2D eigenvalue weighted by atomic mass is 16.6. The number of esters is 2. The van der Waals surface area contributed by atoms with Gasteiger partial charge in [-0.3, -0.25) is 19.3 Å². The van der Waals surface area contributed by atoms with E-state index in [1.807, 2.05) is 48.5 Å². The molecule has 1 N–H and O–H groups in total. The number of carbonyl (C=O) groups is 3. The van der Waals surface area contributed by atoms with Crippen molar-refractivity contribution in [2.75, 3.05) is 19.6 Å². The number of nitrogens with zero attached hydrogens (tertiary/aromatic N) is 1. The Morgan fingerprint density at radius 1 is 0.973 bits per heavy atom. The van der Waals surface area contributed by atoms with Crippen LogP contribution in [0.4, 0.5) is 0 Å². The molecular formula is C30H36N2O5. The van der Waals surface area contributed by atoms with Gasteiger partial charge in [0.15, 0.2) is 0 Å². The molecule has 37 heavy (non-hydrogen) atoms. The fourth-order valence-electron chi connectivity index (χ4n) is 6.51. The molecule has 0 unspecified atom stereocenters. The van der Waals surface area contributed by atoms with Gasteiger partial charge in [-0.1, -0.05) is 30.3 Å². The second-order valence-corrected chi connectivity index (χ2v) is 11.0. The summed E-state index contributed by atoms with van der Waals surface area (Å²) in [6, 6.07) is 16.8. The van der Waals surface area contributed by atoms with E-state index in [2.05, 4.69) is 10.2 Å². The van der Waals surface area contributed by atoms with Crippen molar-refractivity contribution in [3.05, 3.63) is 65.7 Å². The number of hydrogen-bond acceptors (Lipinski definition) is 6. The van der Waals surface area contributed by atoms with Gasteiger partial charge in [-0.25, -0.2) is 0 Å². The van der Waals surface area contributed by atoms with Crippen LogP contribution in [-0.4, -0.2) is 54.0 Å². The van der Waals surface area contributed by atoms with Crippen molar-refractivity contribution in [3.8, 4) is 5.75 Å². The summed E-state index contributed by atoms with van der Waals surface area (Å²) in [7, 11) is 0. The summed E-state index contributed by atoms with van der Waals surface area (Å²) in [6.07, 6.45) is 5.31. The predicted octanol–water partition coefficient (Wildman–Crippen LogP) is 4.25. The second kappa shape index (κ2) is 10.3. The molecule has 1 amide bonds. The molecule has 0 aromatic heterocycles. The Kier molecular flexibility index (Phi) is 7.08. The van der Waals surface area contributed by atoms with Crippen LogP contribution in [0.2, 0.25) is 0 Å². The summed E-state index contributed by atoms with van der Waals surface area (Å²) in [4.78, 5) is 39.8. The first-order valence-electron chi connectivity index (χ1n) is 13.4. The number of nitrogens with one attached hydrogen (secondary N) is 1. The SMILES string of the molecule is CC(=O)Oc1cccc([C@@]23CCN(CC4CC4)C[C@@]2(OC(C)=O)CC[C@@H](NC(=O)c2ccccc2)C3)c1. The molecule has 2 aromatic carbocycles. The number of likely N-dealkylation sites (tertiary alicyclic amines) is 1. The minimum Gasteiger partial charge on any atom is -0.457 e. The molecule has 2 saturated carbocycles. The first kappa shape index (κ1) is 25.5. The Morgan fingerprint density at radius 2 is 1.76 bits per heavy atom. The molecule has 2 aromatic rings. The third-order valence-electron chi connectivity index (χ3n) is 8.27. The Labute approximate surface area is 218 Å². The Bertz CT molecular complexity index is 1160. The van der Waals surface area contributed by atoms with Crippen LogP contribution in [0.15, 0.2) is 54.6 Å². The van der Waals surface area contributed by atoms with Gasteiger partial charge in [-0.05, 0) is 80.8 Å². The number of amides is 1. The van der Waals surface area contributed by atoms with Crippen LogP contribution in [0.5, 0.6) is 5.75 Å². The Morgan fingerprint density at radius 3 is 2.46 bits per heavy atom. The van der Waals surface area contributed by atoms with Crippen LogP contribution in [0.3, 0.4) is 0 Å². The van der Waals surface area contributed by atoms with Crippen LogP contribution in [0.25, 0.3) is 0 Å². The first-order chi connectivity index (χ1) is 17.8. The van der Waals surface area contributed by atoms with E-state index in [0.717, 1.165) is 31.0 Å². The van der Waals surface area contributed by atoms with Gasteiger partial charge in [-0.15, -0.1) is 0 Å². The van der Waals surface area contributed by atoms with Gasteiger partial charge < -0.3 is 14.8 Å². The molecule has 3 aliphatic rings. The lowest BCUT2D eigenvalue weighted by molar-refractivity contribution is -0.186. The molecule has 2 aliphatic carbocycles. The van der Waals surface area contributed by atoms with Crippen molar-refractivity contribution in [1.29, 1.82) is 0 Å². The standard InChI is InChI=1S/C30H36N2O5/c1-21(33)36-27-10-6-9-25(17-27)29-15-16-32(19-23-11-12-23)20-30(29,37-22(2)34)14-13-26(18-29)31-28(35)24-7-4-3-5-8-24/h3-10,17,23,26H,11-16,18-20H2,1-2H3,(H,31,35)/t26-,29+,30+/m1/s1. The molecule has 1 saturated heterocycles. The number of rotatable bonds is 7. The zero-order chi connectivity index (χ0) is 26.0. The predicted molar refractivity (Wildman–Crippen MR) is 139 cm³/mol. The molecule has 3 atom stereocenters. The molecule has 0 spiro atoms. The number of carbonyl (C=O) groups excluding carboxylic acids is 3. The van der Waals surface area contributed by atoms with Crippen LogP contribution >= 0.6 is 0 Å². The summed E-state index contributed by atoms with van der Waals surface area (Å²) in [5.41, 5.74) is 0.359. The number of fused-ring (bicyclic) bond motifs is 1. The molecule has 0 radical (unpaired) electrons. The normalized spacial score (nSPS) is 27.6. The molecule has 7 nitrogen and oxygen atoms in total. The summed E-state index contributed by atoms with van der Waals surface area (Å²) in [5, 5.41) is 3.26. The topological polar surface area (TPSA) is 84.9 Å². The average molecular weight is 505 g/mol. The minimum absolute atomic E-state index is 0.0799. The maximum Gasteiger partial charge on any atom is 0.308 e. The third-order valence-corrected chi connectivity index (χ3v) is 8.27. The average Bonchev–Trinajstić information content (AvgIpc) is 3.68. The van der Waals surface area contributed by atoms with Crippen molar-refractivity contribution in [3.63, 3.8) is 0 Å². The molecular weight excluding hydrogens is 468 g/mol. The van der Waals surface area contributed by atoms with E-state index in [4.69, 9.17) is 9.47 Å². The maximum atomic E-state index is 13.1. The number of piperidine rings is 1. The van der Waals surface area contributed by atoms with E-state index in [9.17, 15) is 14.4 Å². The molecule has 196 valence electrons. The summed E-state index contributed by atoms with van der Waals surface area (Å²) < 4.78 is 11.8. The van der Waals surface area contributed by atoms with Crippen LogP contribution < -0.4 is 10.1 Å². The van der Waals surface area contributed by atoms with Gasteiger partial charge in [-0.2, -0.15) is 0 Å². The van der Waals surface area contributed by atoms with Crippen LogP contribution in [0, 0.1) is 5.92 Å². The highest BCUT2D eigenvalue weighted by molar-refractivity contribution is 5.94. The maximum absolute atomic E-state index is 13.1. The van der Waals surface area contributed by atoms with E-state index in [1.165, 1.54) is 26.7 Å². The minimum atomic E-state index is -0.727. The molecule has 7 heteroatoms. The van der Waals surface area contributed by atoms with Crippen LogP contribution in [0.1, 0.15) is 68.3 Å². The molecule has 1 aliphatic heterocycles. The van der Waals surface area contributed by atoms with E-state index in [1.54, 1.807) is 6.07 Å². The van der Waals surface area contributed by atoms with E-state index in [-0.39, 0.29) is 23.9 Å². The highest BCUT2D eigenvalue weighted by Gasteiger charge is 2.61. The monoisotopic (exact) mass is 504 g/mol. The lowest BCUT2D eigenvalue weighted by Gasteiger charge is -2.59. The summed E-state index contributed by atoms with van der Waals surface area (Å²) >= 11 is 0. The van der Waals surface area contributed by atoms with Gasteiger partial charge in [0.05, 0.1) is 0 Å². The quantitative estimate of drug-likeness (QED) is 0.448. The summed E-state index contributed by atoms with van der Waals surface area (Å²) in [5.74, 6) is 0.445. The van der Waals surface area contributed by atoms with Gasteiger partial charge >= 0.3 is 11.9 Å². The summed E-state index contributed by atoms with van der Waals surface area (Å²) in [6.45, 7) is 5.45. The Balaban J connectivity index is 1.51. The van der Waals surface area contributed by atoms with E-state index >= 15 is 0 Å². The zero-order valence-corrected chi connectivity index (χ0v) is 21.7. The Hall–Kier alpha value is -3.19. The lowest BCUT2D eigenvalue weighted by Crippen LogP contribution is -2.68. The largest absolute Gasteiger partial charge is 0.457 e. The smallest absolute Gasteiger partial charge is 0.308 e. The highest BCUT2D eigenvalue weighted by Crippen LogP contribution is 2.54. The number of hydrogen-bond donors (Lipinski definition) is 1. The van der Waals surface area contributed by atoms with Gasteiger partial charge in [0.1, 0.15) is 11.4 Å². The number of benzene rings is 2.